The van der Waals surface area contributed by atoms with Gasteiger partial charge in [-0.1, -0.05) is 52.4 Å². The summed E-state index contributed by atoms with van der Waals surface area (Å²) in [6, 6.07) is 19.6. The first-order valence-electron chi connectivity index (χ1n) is 15.5. The summed E-state index contributed by atoms with van der Waals surface area (Å²) < 4.78 is 36.7. The van der Waals surface area contributed by atoms with Crippen LogP contribution in [0.4, 0.5) is 0 Å². The molecule has 6 heterocycles. The van der Waals surface area contributed by atoms with Crippen molar-refractivity contribution in [1.82, 2.24) is 0 Å². The summed E-state index contributed by atoms with van der Waals surface area (Å²) in [4.78, 5) is 0. The molecule has 1 aliphatic rings. The molecule has 0 spiro atoms. The maximum absolute atomic E-state index is 6.24. The van der Waals surface area contributed by atoms with Crippen molar-refractivity contribution >= 4 is 5.76 Å². The molecule has 5 aromatic heterocycles. The Bertz CT molecular complexity index is 1580. The van der Waals surface area contributed by atoms with Crippen LogP contribution in [-0.4, -0.2) is 0 Å². The first-order valence-corrected chi connectivity index (χ1v) is 15.5. The van der Waals surface area contributed by atoms with Gasteiger partial charge in [-0.3, -0.25) is 0 Å². The van der Waals surface area contributed by atoms with Crippen LogP contribution in [0, 0.1) is 0 Å². The summed E-state index contributed by atoms with van der Waals surface area (Å²) >= 11 is 0. The van der Waals surface area contributed by atoms with Crippen molar-refractivity contribution in [2.45, 2.75) is 90.6 Å². The van der Waals surface area contributed by atoms with E-state index in [2.05, 4.69) is 13.8 Å². The zero-order valence-corrected chi connectivity index (χ0v) is 24.7. The van der Waals surface area contributed by atoms with E-state index in [1.807, 2.05) is 66.7 Å². The van der Waals surface area contributed by atoms with Gasteiger partial charge in [-0.15, -0.1) is 0 Å². The molecule has 0 N–H and O–H groups in total. The minimum atomic E-state index is -0.212. The first kappa shape index (κ1) is 28.1. The third-order valence-corrected chi connectivity index (χ3v) is 7.79. The van der Waals surface area contributed by atoms with Crippen molar-refractivity contribution in [3.05, 3.63) is 89.8 Å². The van der Waals surface area contributed by atoms with Crippen LogP contribution < -0.4 is 0 Å². The third-order valence-electron chi connectivity index (χ3n) is 7.79. The highest BCUT2D eigenvalue weighted by Gasteiger charge is 2.27. The molecule has 1 unspecified atom stereocenters. The van der Waals surface area contributed by atoms with E-state index in [4.69, 9.17) is 26.8 Å². The molecule has 1 atom stereocenters. The topological polar surface area (TPSA) is 74.9 Å². The third kappa shape index (κ3) is 6.53. The molecular weight excluding hydrogens is 528 g/mol. The van der Waals surface area contributed by atoms with Crippen LogP contribution in [0.15, 0.2) is 88.8 Å². The highest BCUT2D eigenvalue weighted by atomic mass is 16.5. The van der Waals surface area contributed by atoms with Crippen molar-refractivity contribution < 1.29 is 26.8 Å². The largest absolute Gasteiger partial charge is 0.479 e. The van der Waals surface area contributed by atoms with Crippen LogP contribution >= 0.6 is 0 Å². The monoisotopic (exact) mass is 568 g/mol. The lowest BCUT2D eigenvalue weighted by molar-refractivity contribution is 0.163. The number of furan rings is 5. The van der Waals surface area contributed by atoms with Gasteiger partial charge in [0.25, 0.3) is 0 Å². The predicted octanol–water partition coefficient (Wildman–Crippen LogP) is 11.4. The van der Waals surface area contributed by atoms with E-state index in [1.165, 1.54) is 38.5 Å². The van der Waals surface area contributed by atoms with Crippen molar-refractivity contribution in [2.75, 3.05) is 0 Å². The highest BCUT2D eigenvalue weighted by molar-refractivity contribution is 5.63. The molecule has 6 heteroatoms. The number of rotatable bonds is 15. The number of aryl methyl sites for hydroxylation is 2. The van der Waals surface area contributed by atoms with Crippen LogP contribution in [0.2, 0.25) is 0 Å². The van der Waals surface area contributed by atoms with Crippen LogP contribution in [0.1, 0.15) is 101 Å². The Morgan fingerprint density at radius 2 is 0.976 bits per heavy atom. The molecular formula is C36H40O6. The van der Waals surface area contributed by atoms with Crippen LogP contribution in [0.3, 0.4) is 0 Å². The summed E-state index contributed by atoms with van der Waals surface area (Å²) in [5.41, 5.74) is 0. The molecule has 0 radical (unpaired) electrons. The zero-order chi connectivity index (χ0) is 28.7. The van der Waals surface area contributed by atoms with E-state index >= 15 is 0 Å². The molecule has 5 aromatic rings. The average Bonchev–Trinajstić information content (AvgIpc) is 3.83. The number of unbranched alkanes of at least 4 members (excludes halogenated alkanes) is 6. The molecule has 0 saturated carbocycles. The van der Waals surface area contributed by atoms with E-state index in [0.29, 0.717) is 35.2 Å². The summed E-state index contributed by atoms with van der Waals surface area (Å²) in [6.45, 7) is 4.45. The molecule has 1 aliphatic heterocycles. The van der Waals surface area contributed by atoms with Crippen LogP contribution in [0.25, 0.3) is 40.3 Å². The van der Waals surface area contributed by atoms with Gasteiger partial charge >= 0.3 is 0 Å². The highest BCUT2D eigenvalue weighted by Crippen LogP contribution is 2.40. The average molecular weight is 569 g/mol. The first-order chi connectivity index (χ1) is 20.7. The summed E-state index contributed by atoms with van der Waals surface area (Å²) in [6.07, 6.45) is 14.2. The second kappa shape index (κ2) is 13.3. The van der Waals surface area contributed by atoms with Crippen molar-refractivity contribution in [3.63, 3.8) is 0 Å². The van der Waals surface area contributed by atoms with E-state index in [-0.39, 0.29) is 6.10 Å². The Morgan fingerprint density at radius 3 is 1.57 bits per heavy atom. The minimum absolute atomic E-state index is 0.212. The lowest BCUT2D eigenvalue weighted by atomic mass is 10.1. The molecule has 0 aromatic carbocycles. The van der Waals surface area contributed by atoms with E-state index in [1.54, 1.807) is 0 Å². The summed E-state index contributed by atoms with van der Waals surface area (Å²) in [5.74, 6) is 8.30. The van der Waals surface area contributed by atoms with Gasteiger partial charge in [-0.2, -0.15) is 0 Å². The fourth-order valence-electron chi connectivity index (χ4n) is 5.40. The Labute approximate surface area is 247 Å². The Hall–Kier alpha value is -4.06. The van der Waals surface area contributed by atoms with E-state index in [0.717, 1.165) is 60.2 Å². The van der Waals surface area contributed by atoms with Gasteiger partial charge in [0, 0.05) is 19.3 Å². The smallest absolute Gasteiger partial charge is 0.170 e. The second-order valence-corrected chi connectivity index (χ2v) is 11.1. The quantitative estimate of drug-likeness (QED) is 0.117. The van der Waals surface area contributed by atoms with E-state index < -0.39 is 0 Å². The fraction of sp³-hybridized carbons (Fsp3) is 0.389. The Balaban J connectivity index is 1.04. The molecule has 6 nitrogen and oxygen atoms in total. The van der Waals surface area contributed by atoms with E-state index in [9.17, 15) is 0 Å². The molecule has 42 heavy (non-hydrogen) atoms. The molecule has 0 bridgehead atoms. The Morgan fingerprint density at radius 1 is 0.500 bits per heavy atom. The van der Waals surface area contributed by atoms with Crippen molar-refractivity contribution in [2.24, 2.45) is 0 Å². The van der Waals surface area contributed by atoms with Crippen LogP contribution in [0.5, 0.6) is 0 Å². The number of hydrogen-bond donors (Lipinski definition) is 0. The van der Waals surface area contributed by atoms with Crippen LogP contribution in [-0.2, 0) is 17.6 Å². The fourth-order valence-corrected chi connectivity index (χ4v) is 5.40. The number of hydrogen-bond acceptors (Lipinski definition) is 6. The van der Waals surface area contributed by atoms with Gasteiger partial charge in [0.05, 0.1) is 0 Å². The summed E-state index contributed by atoms with van der Waals surface area (Å²) in [5, 5.41) is 0. The lowest BCUT2D eigenvalue weighted by Crippen LogP contribution is -1.94. The maximum atomic E-state index is 6.24. The zero-order valence-electron chi connectivity index (χ0n) is 24.7. The maximum Gasteiger partial charge on any atom is 0.170 e. The SMILES string of the molecule is CCCCCCc1ccc(-c2ccc(-c3ccc(C4=CCC(c5ccc(-c6ccc(CCCCCC)o6)o5)O4)o3)o2)o1. The normalized spacial score (nSPS) is 14.9. The molecule has 6 rings (SSSR count). The predicted molar refractivity (Wildman–Crippen MR) is 163 cm³/mol. The Kier molecular flexibility index (Phi) is 8.88. The molecule has 220 valence electrons. The number of ether oxygens (including phenoxy) is 1. The van der Waals surface area contributed by atoms with Gasteiger partial charge in [0.2, 0.25) is 0 Å². The molecule has 0 aliphatic carbocycles. The van der Waals surface area contributed by atoms with Gasteiger partial charge in [0.1, 0.15) is 17.3 Å². The minimum Gasteiger partial charge on any atom is -0.479 e. The molecule has 0 fully saturated rings. The van der Waals surface area contributed by atoms with Gasteiger partial charge in [0.15, 0.2) is 52.2 Å². The van der Waals surface area contributed by atoms with Gasteiger partial charge in [-0.25, -0.2) is 0 Å². The summed E-state index contributed by atoms with van der Waals surface area (Å²) in [7, 11) is 0. The van der Waals surface area contributed by atoms with Crippen molar-refractivity contribution in [1.29, 1.82) is 0 Å². The van der Waals surface area contributed by atoms with Gasteiger partial charge < -0.3 is 26.8 Å². The lowest BCUT2D eigenvalue weighted by Gasteiger charge is -2.09. The molecule has 0 saturated heterocycles. The standard InChI is InChI=1S/C36H40O6/c1-3-5-7-9-11-25-13-15-27(37-25)29-17-19-31(39-29)33-21-23-35(41-33)36-24-22-34(42-36)32-20-18-30(40-32)28-16-14-26(38-28)12-10-8-6-4-2/h13-21,23-24,34H,3-12,22H2,1-2H3. The molecule has 0 amide bonds. The second-order valence-electron chi connectivity index (χ2n) is 11.1. The van der Waals surface area contributed by atoms with Gasteiger partial charge in [-0.05, 0) is 79.6 Å². The van der Waals surface area contributed by atoms with Crippen molar-refractivity contribution in [3.8, 4) is 34.6 Å².